The highest BCUT2D eigenvalue weighted by molar-refractivity contribution is 6.07. The molecule has 4 N–H and O–H groups in total. The Morgan fingerprint density at radius 2 is 2.08 bits per heavy atom. The summed E-state index contributed by atoms with van der Waals surface area (Å²) in [7, 11) is 0. The molecular weight excluding hydrogens is 314 g/mol. The molecule has 0 radical (unpaired) electrons. The number of hydrogen-bond acceptors (Lipinski definition) is 5. The number of benzene rings is 1. The quantitative estimate of drug-likeness (QED) is 0.521. The highest BCUT2D eigenvalue weighted by atomic mass is 15.1. The van der Waals surface area contributed by atoms with Crippen molar-refractivity contribution >= 4 is 27.8 Å². The van der Waals surface area contributed by atoms with E-state index in [1.165, 1.54) is 0 Å². The van der Waals surface area contributed by atoms with E-state index in [0.717, 1.165) is 52.1 Å². The Morgan fingerprint density at radius 3 is 2.80 bits per heavy atom. The Kier molecular flexibility index (Phi) is 3.85. The number of fused-ring (bicyclic) bond motifs is 3. The van der Waals surface area contributed by atoms with Crippen molar-refractivity contribution in [2.24, 2.45) is 0 Å². The Labute approximate surface area is 145 Å². The van der Waals surface area contributed by atoms with Gasteiger partial charge in [-0.05, 0) is 31.7 Å². The number of nitrogen functional groups attached to an aromatic ring is 1. The topological polar surface area (TPSA) is 97.4 Å². The Balaban J connectivity index is 1.97. The van der Waals surface area contributed by atoms with Crippen LogP contribution in [0.15, 0.2) is 30.5 Å². The molecule has 7 nitrogen and oxygen atoms in total. The van der Waals surface area contributed by atoms with Crippen molar-refractivity contribution < 1.29 is 0 Å². The van der Waals surface area contributed by atoms with Crippen LogP contribution in [0.3, 0.4) is 0 Å². The standard InChI is InChI=1S/C18H21N7/c1-3-20-10-15-23-16-17(25(15)4-2)12-6-5-11(13-7-8-21-24-13)9-14(12)22-18(16)19/h5-9,20H,3-4,10H2,1-2H3,(H2,19,22)(H,21,24). The van der Waals surface area contributed by atoms with E-state index in [2.05, 4.69) is 51.0 Å². The molecule has 0 atom stereocenters. The lowest BCUT2D eigenvalue weighted by molar-refractivity contribution is 0.639. The van der Waals surface area contributed by atoms with Crippen LogP contribution in [-0.2, 0) is 13.1 Å². The molecule has 0 aliphatic carbocycles. The van der Waals surface area contributed by atoms with E-state index in [1.807, 2.05) is 12.1 Å². The molecule has 0 unspecified atom stereocenters. The van der Waals surface area contributed by atoms with E-state index in [1.54, 1.807) is 6.20 Å². The first-order chi connectivity index (χ1) is 12.2. The third-order valence-electron chi connectivity index (χ3n) is 4.44. The van der Waals surface area contributed by atoms with Gasteiger partial charge in [-0.15, -0.1) is 0 Å². The number of aromatic nitrogens is 5. The Bertz CT molecular complexity index is 1030. The molecule has 0 aliphatic heterocycles. The smallest absolute Gasteiger partial charge is 0.152 e. The van der Waals surface area contributed by atoms with Gasteiger partial charge in [0.05, 0.1) is 23.3 Å². The summed E-state index contributed by atoms with van der Waals surface area (Å²) < 4.78 is 2.22. The molecule has 0 saturated heterocycles. The van der Waals surface area contributed by atoms with Gasteiger partial charge in [-0.25, -0.2) is 9.97 Å². The molecule has 3 heterocycles. The Morgan fingerprint density at radius 1 is 1.20 bits per heavy atom. The van der Waals surface area contributed by atoms with E-state index in [4.69, 9.17) is 10.7 Å². The van der Waals surface area contributed by atoms with Crippen LogP contribution in [0, 0.1) is 0 Å². The summed E-state index contributed by atoms with van der Waals surface area (Å²) in [5.74, 6) is 1.45. The summed E-state index contributed by atoms with van der Waals surface area (Å²) in [6.45, 7) is 6.65. The van der Waals surface area contributed by atoms with Crippen LogP contribution < -0.4 is 11.1 Å². The maximum absolute atomic E-state index is 6.23. The highest BCUT2D eigenvalue weighted by Gasteiger charge is 2.16. The van der Waals surface area contributed by atoms with E-state index in [9.17, 15) is 0 Å². The van der Waals surface area contributed by atoms with Crippen LogP contribution >= 0.6 is 0 Å². The Hall–Kier alpha value is -2.93. The van der Waals surface area contributed by atoms with Crippen LogP contribution in [0.1, 0.15) is 19.7 Å². The molecule has 4 aromatic rings. The van der Waals surface area contributed by atoms with Gasteiger partial charge in [0.2, 0.25) is 0 Å². The largest absolute Gasteiger partial charge is 0.382 e. The first-order valence-corrected chi connectivity index (χ1v) is 8.51. The number of hydrogen-bond donors (Lipinski definition) is 3. The predicted octanol–water partition coefficient (Wildman–Crippen LogP) is 2.69. The molecule has 3 aromatic heterocycles. The first kappa shape index (κ1) is 15.6. The molecule has 0 amide bonds. The lowest BCUT2D eigenvalue weighted by atomic mass is 10.1. The predicted molar refractivity (Wildman–Crippen MR) is 100 cm³/mol. The van der Waals surface area contributed by atoms with Gasteiger partial charge < -0.3 is 15.6 Å². The number of anilines is 1. The number of aromatic amines is 1. The summed E-state index contributed by atoms with van der Waals surface area (Å²) in [5.41, 5.74) is 10.9. The molecule has 0 aliphatic rings. The zero-order chi connectivity index (χ0) is 17.4. The van der Waals surface area contributed by atoms with Gasteiger partial charge in [-0.1, -0.05) is 13.0 Å². The second-order valence-corrected chi connectivity index (χ2v) is 5.95. The molecule has 4 rings (SSSR count). The lowest BCUT2D eigenvalue weighted by Gasteiger charge is -2.09. The number of nitrogens with two attached hydrogens (primary N) is 1. The normalized spacial score (nSPS) is 11.6. The summed E-state index contributed by atoms with van der Waals surface area (Å²) >= 11 is 0. The fourth-order valence-electron chi connectivity index (χ4n) is 3.25. The van der Waals surface area contributed by atoms with Crippen LogP contribution in [-0.4, -0.2) is 31.3 Å². The SMILES string of the molecule is CCNCc1nc2c(N)nc3cc(-c4ccn[nH]4)ccc3c2n1CC. The molecule has 1 aromatic carbocycles. The molecule has 7 heteroatoms. The lowest BCUT2D eigenvalue weighted by Crippen LogP contribution is -2.16. The van der Waals surface area contributed by atoms with Crippen molar-refractivity contribution in [1.29, 1.82) is 0 Å². The maximum Gasteiger partial charge on any atom is 0.152 e. The van der Waals surface area contributed by atoms with Gasteiger partial charge in [-0.2, -0.15) is 5.10 Å². The van der Waals surface area contributed by atoms with Crippen molar-refractivity contribution in [3.8, 4) is 11.3 Å². The second-order valence-electron chi connectivity index (χ2n) is 5.95. The molecule has 0 bridgehead atoms. The number of nitrogens with zero attached hydrogens (tertiary/aromatic N) is 4. The fraction of sp³-hybridized carbons (Fsp3) is 0.278. The zero-order valence-electron chi connectivity index (χ0n) is 14.4. The third kappa shape index (κ3) is 2.53. The fourth-order valence-corrected chi connectivity index (χ4v) is 3.25. The van der Waals surface area contributed by atoms with Crippen LogP contribution in [0.2, 0.25) is 0 Å². The zero-order valence-corrected chi connectivity index (χ0v) is 14.4. The number of pyridine rings is 1. The van der Waals surface area contributed by atoms with Crippen LogP contribution in [0.4, 0.5) is 5.82 Å². The van der Waals surface area contributed by atoms with Gasteiger partial charge in [0.25, 0.3) is 0 Å². The number of H-pyrrole nitrogens is 1. The van der Waals surface area contributed by atoms with E-state index >= 15 is 0 Å². The molecule has 0 fully saturated rings. The molecular formula is C18H21N7. The minimum atomic E-state index is 0.467. The van der Waals surface area contributed by atoms with Crippen molar-refractivity contribution in [1.82, 2.24) is 30.0 Å². The van der Waals surface area contributed by atoms with Crippen molar-refractivity contribution in [3.05, 3.63) is 36.3 Å². The average molecular weight is 335 g/mol. The first-order valence-electron chi connectivity index (χ1n) is 8.51. The summed E-state index contributed by atoms with van der Waals surface area (Å²) in [4.78, 5) is 9.33. The van der Waals surface area contributed by atoms with E-state index in [0.29, 0.717) is 12.4 Å². The number of aryl methyl sites for hydroxylation is 1. The average Bonchev–Trinajstić information content (AvgIpc) is 3.27. The molecule has 0 saturated carbocycles. The van der Waals surface area contributed by atoms with Gasteiger partial charge in [-0.3, -0.25) is 5.10 Å². The summed E-state index contributed by atoms with van der Waals surface area (Å²) in [6.07, 6.45) is 1.74. The van der Waals surface area contributed by atoms with E-state index in [-0.39, 0.29) is 0 Å². The molecule has 128 valence electrons. The minimum absolute atomic E-state index is 0.467. The van der Waals surface area contributed by atoms with Crippen molar-refractivity contribution in [2.75, 3.05) is 12.3 Å². The number of imidazole rings is 1. The van der Waals surface area contributed by atoms with Crippen LogP contribution in [0.5, 0.6) is 0 Å². The minimum Gasteiger partial charge on any atom is -0.382 e. The van der Waals surface area contributed by atoms with Crippen molar-refractivity contribution in [3.63, 3.8) is 0 Å². The van der Waals surface area contributed by atoms with Crippen LogP contribution in [0.25, 0.3) is 33.2 Å². The summed E-state index contributed by atoms with van der Waals surface area (Å²) in [5, 5.41) is 11.4. The third-order valence-corrected chi connectivity index (χ3v) is 4.44. The number of nitrogens with one attached hydrogen (secondary N) is 2. The second kappa shape index (κ2) is 6.18. The highest BCUT2D eigenvalue weighted by Crippen LogP contribution is 2.31. The van der Waals surface area contributed by atoms with Gasteiger partial charge in [0, 0.05) is 23.7 Å². The van der Waals surface area contributed by atoms with Gasteiger partial charge >= 0.3 is 0 Å². The maximum atomic E-state index is 6.23. The summed E-state index contributed by atoms with van der Waals surface area (Å²) in [6, 6.07) is 8.14. The number of rotatable bonds is 5. The van der Waals surface area contributed by atoms with Gasteiger partial charge in [0.15, 0.2) is 5.82 Å². The monoisotopic (exact) mass is 335 g/mol. The van der Waals surface area contributed by atoms with E-state index < -0.39 is 0 Å². The van der Waals surface area contributed by atoms with Gasteiger partial charge in [0.1, 0.15) is 11.3 Å². The van der Waals surface area contributed by atoms with Crippen molar-refractivity contribution in [2.45, 2.75) is 26.9 Å². The molecule has 25 heavy (non-hydrogen) atoms. The molecule has 0 spiro atoms.